The minimum Gasteiger partial charge on any atom is -0.389 e. The highest BCUT2D eigenvalue weighted by atomic mass is 19.4. The van der Waals surface area contributed by atoms with Crippen molar-refractivity contribution in [3.05, 3.63) is 35.7 Å². The van der Waals surface area contributed by atoms with Crippen molar-refractivity contribution in [3.8, 4) is 11.4 Å². The van der Waals surface area contributed by atoms with Crippen molar-refractivity contribution in [1.29, 1.82) is 0 Å². The standard InChI is InChI=1S/C15H18F3N3O3/c1-21(7-12(22)9-23-2)8-13-19-14(20-24-13)10-4-3-5-11(6-10)15(16,17)18/h3-6,12,22H,7-9H2,1-2H3. The van der Waals surface area contributed by atoms with E-state index < -0.39 is 17.8 Å². The third-order valence-electron chi connectivity index (χ3n) is 3.20. The van der Waals surface area contributed by atoms with E-state index in [1.54, 1.807) is 11.9 Å². The van der Waals surface area contributed by atoms with E-state index in [-0.39, 0.29) is 30.4 Å². The van der Waals surface area contributed by atoms with Crippen molar-refractivity contribution in [2.45, 2.75) is 18.8 Å². The Bertz CT molecular complexity index is 661. The van der Waals surface area contributed by atoms with Gasteiger partial charge in [-0.25, -0.2) is 0 Å². The quantitative estimate of drug-likeness (QED) is 0.829. The molecule has 0 saturated carbocycles. The summed E-state index contributed by atoms with van der Waals surface area (Å²) in [6.07, 6.45) is -5.09. The van der Waals surface area contributed by atoms with Gasteiger partial charge < -0.3 is 14.4 Å². The van der Waals surface area contributed by atoms with Crippen LogP contribution in [-0.2, 0) is 17.5 Å². The van der Waals surface area contributed by atoms with Crippen LogP contribution in [0.1, 0.15) is 11.5 Å². The maximum atomic E-state index is 12.7. The summed E-state index contributed by atoms with van der Waals surface area (Å²) in [6.45, 7) is 0.783. The predicted octanol–water partition coefficient (Wildman–Crippen LogP) is 2.19. The lowest BCUT2D eigenvalue weighted by molar-refractivity contribution is -0.137. The van der Waals surface area contributed by atoms with E-state index in [0.717, 1.165) is 12.1 Å². The topological polar surface area (TPSA) is 71.6 Å². The Morgan fingerprint density at radius 2 is 2.12 bits per heavy atom. The third kappa shape index (κ3) is 5.02. The zero-order valence-corrected chi connectivity index (χ0v) is 13.2. The first kappa shape index (κ1) is 18.4. The lowest BCUT2D eigenvalue weighted by atomic mass is 10.1. The summed E-state index contributed by atoms with van der Waals surface area (Å²) >= 11 is 0. The van der Waals surface area contributed by atoms with E-state index in [1.807, 2.05) is 0 Å². The van der Waals surface area contributed by atoms with E-state index >= 15 is 0 Å². The van der Waals surface area contributed by atoms with Gasteiger partial charge in [0.1, 0.15) is 0 Å². The molecule has 1 aromatic carbocycles. The molecule has 2 aromatic rings. The molecular weight excluding hydrogens is 327 g/mol. The number of hydrogen-bond donors (Lipinski definition) is 1. The molecule has 0 bridgehead atoms. The third-order valence-corrected chi connectivity index (χ3v) is 3.20. The fourth-order valence-electron chi connectivity index (χ4n) is 2.17. The van der Waals surface area contributed by atoms with Crippen LogP contribution in [0, 0.1) is 0 Å². The normalized spacial score (nSPS) is 13.5. The first-order valence-corrected chi connectivity index (χ1v) is 7.15. The minimum absolute atomic E-state index is 0.0851. The van der Waals surface area contributed by atoms with Crippen molar-refractivity contribution in [1.82, 2.24) is 15.0 Å². The summed E-state index contributed by atoms with van der Waals surface area (Å²) in [5.41, 5.74) is -0.548. The fraction of sp³-hybridized carbons (Fsp3) is 0.467. The van der Waals surface area contributed by atoms with Crippen LogP contribution in [0.2, 0.25) is 0 Å². The molecule has 0 amide bonds. The molecule has 1 N–H and O–H groups in total. The zero-order chi connectivity index (χ0) is 17.7. The van der Waals surface area contributed by atoms with Crippen LogP contribution < -0.4 is 0 Å². The zero-order valence-electron chi connectivity index (χ0n) is 13.2. The molecular formula is C15H18F3N3O3. The Balaban J connectivity index is 2.05. The average Bonchev–Trinajstić information content (AvgIpc) is 2.95. The molecule has 9 heteroatoms. The SMILES string of the molecule is COCC(O)CN(C)Cc1nc(-c2cccc(C(F)(F)F)c2)no1. The molecule has 0 saturated heterocycles. The summed E-state index contributed by atoms with van der Waals surface area (Å²) in [5.74, 6) is 0.330. The Kier molecular flexibility index (Phi) is 5.92. The van der Waals surface area contributed by atoms with Crippen molar-refractivity contribution >= 4 is 0 Å². The van der Waals surface area contributed by atoms with Crippen LogP contribution in [0.15, 0.2) is 28.8 Å². The van der Waals surface area contributed by atoms with Gasteiger partial charge in [0.15, 0.2) is 0 Å². The maximum absolute atomic E-state index is 12.7. The van der Waals surface area contributed by atoms with Crippen LogP contribution in [-0.4, -0.2) is 53.6 Å². The second-order valence-corrected chi connectivity index (χ2v) is 5.40. The van der Waals surface area contributed by atoms with Gasteiger partial charge in [-0.15, -0.1) is 0 Å². The molecule has 1 atom stereocenters. The number of rotatable bonds is 7. The Morgan fingerprint density at radius 1 is 1.38 bits per heavy atom. The highest BCUT2D eigenvalue weighted by Gasteiger charge is 2.30. The van der Waals surface area contributed by atoms with Gasteiger partial charge in [-0.3, -0.25) is 4.90 Å². The highest BCUT2D eigenvalue weighted by Crippen LogP contribution is 2.31. The van der Waals surface area contributed by atoms with E-state index in [0.29, 0.717) is 6.54 Å². The summed E-state index contributed by atoms with van der Waals surface area (Å²) in [7, 11) is 3.23. The molecule has 1 unspecified atom stereocenters. The first-order chi connectivity index (χ1) is 11.3. The van der Waals surface area contributed by atoms with Crippen molar-refractivity contribution in [2.75, 3.05) is 27.3 Å². The molecule has 1 heterocycles. The number of benzene rings is 1. The average molecular weight is 345 g/mol. The van der Waals surface area contributed by atoms with Crippen LogP contribution in [0.3, 0.4) is 0 Å². The van der Waals surface area contributed by atoms with Gasteiger partial charge in [-0.1, -0.05) is 17.3 Å². The molecule has 1 aromatic heterocycles. The van der Waals surface area contributed by atoms with Gasteiger partial charge in [0.25, 0.3) is 0 Å². The highest BCUT2D eigenvalue weighted by molar-refractivity contribution is 5.55. The molecule has 6 nitrogen and oxygen atoms in total. The second kappa shape index (κ2) is 7.73. The van der Waals surface area contributed by atoms with E-state index in [1.165, 1.54) is 19.2 Å². The number of halogens is 3. The van der Waals surface area contributed by atoms with Crippen molar-refractivity contribution < 1.29 is 27.5 Å². The number of ether oxygens (including phenoxy) is 1. The molecule has 0 aliphatic carbocycles. The summed E-state index contributed by atoms with van der Waals surface area (Å²) in [4.78, 5) is 5.84. The van der Waals surface area contributed by atoms with E-state index in [4.69, 9.17) is 9.26 Å². The van der Waals surface area contributed by atoms with Gasteiger partial charge in [-0.05, 0) is 19.2 Å². The second-order valence-electron chi connectivity index (χ2n) is 5.40. The van der Waals surface area contributed by atoms with E-state index in [9.17, 15) is 18.3 Å². The van der Waals surface area contributed by atoms with Crippen molar-refractivity contribution in [3.63, 3.8) is 0 Å². The molecule has 0 aliphatic rings. The smallest absolute Gasteiger partial charge is 0.389 e. The fourth-order valence-corrected chi connectivity index (χ4v) is 2.17. The number of methoxy groups -OCH3 is 1. The molecule has 2 rings (SSSR count). The Labute approximate surface area is 136 Å². The summed E-state index contributed by atoms with van der Waals surface area (Å²) < 4.78 is 48.1. The number of likely N-dealkylation sites (N-methyl/N-ethyl adjacent to an activating group) is 1. The number of hydrogen-bond acceptors (Lipinski definition) is 6. The van der Waals surface area contributed by atoms with Gasteiger partial charge >= 0.3 is 6.18 Å². The lowest BCUT2D eigenvalue weighted by Crippen LogP contribution is -2.31. The number of aromatic nitrogens is 2. The number of aliphatic hydroxyl groups excluding tert-OH is 1. The molecule has 0 spiro atoms. The molecule has 132 valence electrons. The van der Waals surface area contributed by atoms with Crippen LogP contribution in [0.4, 0.5) is 13.2 Å². The van der Waals surface area contributed by atoms with Crippen LogP contribution >= 0.6 is 0 Å². The van der Waals surface area contributed by atoms with Gasteiger partial charge in [0.2, 0.25) is 11.7 Å². The maximum Gasteiger partial charge on any atom is 0.416 e. The van der Waals surface area contributed by atoms with E-state index in [2.05, 4.69) is 10.1 Å². The Morgan fingerprint density at radius 3 is 2.79 bits per heavy atom. The van der Waals surface area contributed by atoms with Gasteiger partial charge in [0, 0.05) is 19.2 Å². The van der Waals surface area contributed by atoms with Gasteiger partial charge in [0.05, 0.1) is 24.8 Å². The minimum atomic E-state index is -4.43. The van der Waals surface area contributed by atoms with Crippen LogP contribution in [0.25, 0.3) is 11.4 Å². The number of nitrogens with zero attached hydrogens (tertiary/aromatic N) is 3. The number of alkyl halides is 3. The number of aliphatic hydroxyl groups is 1. The van der Waals surface area contributed by atoms with Gasteiger partial charge in [-0.2, -0.15) is 18.2 Å². The summed E-state index contributed by atoms with van der Waals surface area (Å²) in [5, 5.41) is 13.4. The first-order valence-electron chi connectivity index (χ1n) is 7.15. The molecule has 24 heavy (non-hydrogen) atoms. The molecule has 0 radical (unpaired) electrons. The Hall–Kier alpha value is -1.97. The molecule has 0 fully saturated rings. The van der Waals surface area contributed by atoms with Crippen molar-refractivity contribution in [2.24, 2.45) is 0 Å². The van der Waals surface area contributed by atoms with Crippen LogP contribution in [0.5, 0.6) is 0 Å². The largest absolute Gasteiger partial charge is 0.416 e. The lowest BCUT2D eigenvalue weighted by Gasteiger charge is -2.17. The summed E-state index contributed by atoms with van der Waals surface area (Å²) in [6, 6.07) is 4.73. The predicted molar refractivity (Wildman–Crippen MR) is 79.0 cm³/mol. The molecule has 0 aliphatic heterocycles. The monoisotopic (exact) mass is 345 g/mol.